The number of benzene rings is 2. The number of aliphatic carboxylic acids is 1. The SMILES string of the molecule is Cc1ccc(Cn2c([C@H]3CCCC[C@H]3C(=O)O)nc3ccc(OCc4ccc(C)cn4)cc32)cc1. The summed E-state index contributed by atoms with van der Waals surface area (Å²) in [5, 5.41) is 9.93. The average Bonchev–Trinajstić information content (AvgIpc) is 3.22. The van der Waals surface area contributed by atoms with Gasteiger partial charge in [0.2, 0.25) is 0 Å². The highest BCUT2D eigenvalue weighted by Crippen LogP contribution is 2.39. The fourth-order valence-electron chi connectivity index (χ4n) is 5.01. The largest absolute Gasteiger partial charge is 0.487 e. The molecule has 6 heteroatoms. The monoisotopic (exact) mass is 469 g/mol. The minimum absolute atomic E-state index is 0.0970. The van der Waals surface area contributed by atoms with Crippen LogP contribution in [0.1, 0.15) is 59.8 Å². The molecule has 2 atom stereocenters. The second kappa shape index (κ2) is 9.90. The Morgan fingerprint density at radius 2 is 1.80 bits per heavy atom. The number of pyridine rings is 1. The van der Waals surface area contributed by atoms with E-state index < -0.39 is 11.9 Å². The first-order valence-electron chi connectivity index (χ1n) is 12.3. The number of rotatable bonds is 7. The molecule has 4 aromatic rings. The van der Waals surface area contributed by atoms with Crippen LogP contribution in [-0.4, -0.2) is 25.6 Å². The summed E-state index contributed by atoms with van der Waals surface area (Å²) in [7, 11) is 0. The third kappa shape index (κ3) is 5.06. The van der Waals surface area contributed by atoms with Gasteiger partial charge in [-0.3, -0.25) is 9.78 Å². The lowest BCUT2D eigenvalue weighted by Gasteiger charge is -2.28. The smallest absolute Gasteiger partial charge is 0.307 e. The van der Waals surface area contributed by atoms with E-state index >= 15 is 0 Å². The number of carboxylic acids is 1. The van der Waals surface area contributed by atoms with Crippen molar-refractivity contribution in [2.24, 2.45) is 5.92 Å². The Labute approximate surface area is 205 Å². The number of aromatic nitrogens is 3. The number of aryl methyl sites for hydroxylation is 2. The summed E-state index contributed by atoms with van der Waals surface area (Å²) in [6.07, 6.45) is 5.37. The summed E-state index contributed by atoms with van der Waals surface area (Å²) in [6.45, 7) is 5.11. The summed E-state index contributed by atoms with van der Waals surface area (Å²) in [4.78, 5) is 21.5. The molecule has 2 aromatic carbocycles. The van der Waals surface area contributed by atoms with Crippen molar-refractivity contribution in [3.63, 3.8) is 0 Å². The fraction of sp³-hybridized carbons (Fsp3) is 0.345. The molecule has 0 unspecified atom stereocenters. The van der Waals surface area contributed by atoms with Crippen LogP contribution in [0, 0.1) is 19.8 Å². The second-order valence-electron chi connectivity index (χ2n) is 9.64. The van der Waals surface area contributed by atoms with Gasteiger partial charge in [0.15, 0.2) is 0 Å². The van der Waals surface area contributed by atoms with Crippen LogP contribution in [0.2, 0.25) is 0 Å². The maximum absolute atomic E-state index is 12.1. The maximum Gasteiger partial charge on any atom is 0.307 e. The van der Waals surface area contributed by atoms with Crippen molar-refractivity contribution in [2.45, 2.75) is 58.6 Å². The van der Waals surface area contributed by atoms with E-state index in [9.17, 15) is 9.90 Å². The van der Waals surface area contributed by atoms with Gasteiger partial charge in [0, 0.05) is 24.7 Å². The van der Waals surface area contributed by atoms with Gasteiger partial charge in [-0.1, -0.05) is 48.7 Å². The molecule has 1 fully saturated rings. The minimum atomic E-state index is -0.724. The lowest BCUT2D eigenvalue weighted by molar-refractivity contribution is -0.143. The van der Waals surface area contributed by atoms with E-state index in [0.29, 0.717) is 19.6 Å². The molecule has 5 rings (SSSR count). The highest BCUT2D eigenvalue weighted by Gasteiger charge is 2.35. The lowest BCUT2D eigenvalue weighted by Crippen LogP contribution is -2.27. The van der Waals surface area contributed by atoms with Gasteiger partial charge in [-0.05, 0) is 56.0 Å². The van der Waals surface area contributed by atoms with E-state index in [0.717, 1.165) is 58.7 Å². The number of ether oxygens (including phenoxy) is 1. The van der Waals surface area contributed by atoms with Crippen molar-refractivity contribution < 1.29 is 14.6 Å². The Hall–Kier alpha value is -3.67. The van der Waals surface area contributed by atoms with Crippen molar-refractivity contribution in [2.75, 3.05) is 0 Å². The van der Waals surface area contributed by atoms with Gasteiger partial charge in [-0.25, -0.2) is 4.98 Å². The number of carboxylic acid groups (broad SMARTS) is 1. The number of hydrogen-bond acceptors (Lipinski definition) is 4. The van der Waals surface area contributed by atoms with Gasteiger partial charge >= 0.3 is 5.97 Å². The Morgan fingerprint density at radius 1 is 1.03 bits per heavy atom. The molecule has 6 nitrogen and oxygen atoms in total. The Kier molecular flexibility index (Phi) is 6.53. The molecule has 0 amide bonds. The number of fused-ring (bicyclic) bond motifs is 1. The van der Waals surface area contributed by atoms with Gasteiger partial charge in [0.1, 0.15) is 18.2 Å². The average molecular weight is 470 g/mol. The molecular weight excluding hydrogens is 438 g/mol. The van der Waals surface area contributed by atoms with Crippen LogP contribution >= 0.6 is 0 Å². The number of carbonyl (C=O) groups is 1. The highest BCUT2D eigenvalue weighted by atomic mass is 16.5. The normalized spacial score (nSPS) is 18.0. The van der Waals surface area contributed by atoms with E-state index in [1.54, 1.807) is 0 Å². The van der Waals surface area contributed by atoms with Crippen molar-refractivity contribution in [3.05, 3.63) is 89.0 Å². The second-order valence-corrected chi connectivity index (χ2v) is 9.64. The molecule has 0 radical (unpaired) electrons. The van der Waals surface area contributed by atoms with Crippen LogP contribution in [0.5, 0.6) is 5.75 Å². The molecule has 1 aliphatic carbocycles. The van der Waals surface area contributed by atoms with E-state index in [-0.39, 0.29) is 5.92 Å². The van der Waals surface area contributed by atoms with Crippen molar-refractivity contribution in [3.8, 4) is 5.75 Å². The van der Waals surface area contributed by atoms with Crippen molar-refractivity contribution >= 4 is 17.0 Å². The Balaban J connectivity index is 1.52. The summed E-state index contributed by atoms with van der Waals surface area (Å²) in [6, 6.07) is 18.4. The third-order valence-corrected chi connectivity index (χ3v) is 6.98. The molecule has 2 heterocycles. The number of hydrogen-bond donors (Lipinski definition) is 1. The zero-order valence-electron chi connectivity index (χ0n) is 20.3. The third-order valence-electron chi connectivity index (χ3n) is 6.98. The van der Waals surface area contributed by atoms with Gasteiger partial charge in [0.05, 0.1) is 22.6 Å². The van der Waals surface area contributed by atoms with Gasteiger partial charge in [-0.2, -0.15) is 0 Å². The van der Waals surface area contributed by atoms with E-state index in [1.165, 1.54) is 5.56 Å². The van der Waals surface area contributed by atoms with Crippen molar-refractivity contribution in [1.29, 1.82) is 0 Å². The molecule has 2 aromatic heterocycles. The highest BCUT2D eigenvalue weighted by molar-refractivity contribution is 5.79. The zero-order valence-corrected chi connectivity index (χ0v) is 20.3. The number of imidazole rings is 1. The maximum atomic E-state index is 12.1. The molecule has 0 spiro atoms. The molecule has 0 aliphatic heterocycles. The summed E-state index contributed by atoms with van der Waals surface area (Å²) in [5.74, 6) is 0.388. The van der Waals surface area contributed by atoms with Crippen LogP contribution in [0.15, 0.2) is 60.8 Å². The van der Waals surface area contributed by atoms with Gasteiger partial charge < -0.3 is 14.4 Å². The topological polar surface area (TPSA) is 77.2 Å². The predicted octanol–water partition coefficient (Wildman–Crippen LogP) is 6.03. The lowest BCUT2D eigenvalue weighted by atomic mass is 9.78. The van der Waals surface area contributed by atoms with E-state index in [2.05, 4.69) is 40.7 Å². The first kappa shape index (κ1) is 23.1. The summed E-state index contributed by atoms with van der Waals surface area (Å²) in [5.41, 5.74) is 6.19. The van der Waals surface area contributed by atoms with E-state index in [4.69, 9.17) is 9.72 Å². The molecule has 1 saturated carbocycles. The zero-order chi connectivity index (χ0) is 24.4. The van der Waals surface area contributed by atoms with Crippen LogP contribution in [-0.2, 0) is 17.9 Å². The Bertz CT molecular complexity index is 1330. The quantitative estimate of drug-likeness (QED) is 0.357. The van der Waals surface area contributed by atoms with Gasteiger partial charge in [0.25, 0.3) is 0 Å². The molecule has 1 N–H and O–H groups in total. The van der Waals surface area contributed by atoms with Crippen LogP contribution in [0.3, 0.4) is 0 Å². The van der Waals surface area contributed by atoms with Crippen LogP contribution in [0.25, 0.3) is 11.0 Å². The van der Waals surface area contributed by atoms with Crippen LogP contribution in [0.4, 0.5) is 0 Å². The predicted molar refractivity (Wildman–Crippen MR) is 136 cm³/mol. The summed E-state index contributed by atoms with van der Waals surface area (Å²) < 4.78 is 8.27. The molecular formula is C29H31N3O3. The fourth-order valence-corrected chi connectivity index (χ4v) is 5.01. The van der Waals surface area contributed by atoms with Gasteiger partial charge in [-0.15, -0.1) is 0 Å². The van der Waals surface area contributed by atoms with Crippen molar-refractivity contribution in [1.82, 2.24) is 14.5 Å². The summed E-state index contributed by atoms with van der Waals surface area (Å²) >= 11 is 0. The number of nitrogens with zero attached hydrogens (tertiary/aromatic N) is 3. The molecule has 1 aliphatic rings. The first-order valence-corrected chi connectivity index (χ1v) is 12.3. The molecule has 0 saturated heterocycles. The minimum Gasteiger partial charge on any atom is -0.487 e. The first-order chi connectivity index (χ1) is 17.0. The molecule has 180 valence electrons. The molecule has 35 heavy (non-hydrogen) atoms. The Morgan fingerprint density at radius 3 is 2.54 bits per heavy atom. The molecule has 0 bridgehead atoms. The van der Waals surface area contributed by atoms with Crippen LogP contribution < -0.4 is 4.74 Å². The van der Waals surface area contributed by atoms with E-state index in [1.807, 2.05) is 43.5 Å². The standard InChI is InChI=1S/C29H31N3O3/c1-19-7-10-21(11-8-19)17-32-27-15-23(35-18-22-12-9-20(2)16-30-22)13-14-26(27)31-28(32)24-5-3-4-6-25(24)29(33)34/h7-16,24-25H,3-6,17-18H2,1-2H3,(H,33,34)/t24-,25+/m0/s1.